The van der Waals surface area contributed by atoms with Gasteiger partial charge in [-0.2, -0.15) is 19.6 Å². The molecule has 0 saturated heterocycles. The van der Waals surface area contributed by atoms with Crippen molar-refractivity contribution in [3.63, 3.8) is 0 Å². The Bertz CT molecular complexity index is 2810. The molecule has 0 aromatic heterocycles. The number of rotatable bonds is 27. The van der Waals surface area contributed by atoms with Crippen LogP contribution in [0.4, 0.5) is 0 Å². The van der Waals surface area contributed by atoms with Crippen molar-refractivity contribution in [2.45, 2.75) is 518 Å². The van der Waals surface area contributed by atoms with Crippen LogP contribution in [0.3, 0.4) is 0 Å². The average Bonchev–Trinajstić information content (AvgIpc) is 0.786. The summed E-state index contributed by atoms with van der Waals surface area (Å²) in [4.78, 5) is 119. The van der Waals surface area contributed by atoms with Crippen LogP contribution in [0.25, 0.3) is 0 Å². The van der Waals surface area contributed by atoms with Crippen LogP contribution >= 0.6 is 0 Å². The summed E-state index contributed by atoms with van der Waals surface area (Å²) in [5.74, 6) is 4.76. The lowest BCUT2D eigenvalue weighted by Crippen LogP contribution is -2.48. The Morgan fingerprint density at radius 1 is 0.274 bits per heavy atom. The van der Waals surface area contributed by atoms with Crippen molar-refractivity contribution >= 4 is 0 Å². The van der Waals surface area contributed by atoms with Gasteiger partial charge in [-0.15, -0.1) is 0 Å². The van der Waals surface area contributed by atoms with Crippen molar-refractivity contribution in [1.82, 2.24) is 0 Å². The zero-order valence-electron chi connectivity index (χ0n) is 85.1. The van der Waals surface area contributed by atoms with E-state index in [-0.39, 0.29) is 83.8 Å². The monoisotopic (exact) mass is 1680 g/mol. The lowest BCUT2D eigenvalue weighted by Gasteiger charge is -2.46. The molecule has 1 saturated carbocycles. The molecule has 0 heterocycles. The van der Waals surface area contributed by atoms with E-state index in [1.807, 2.05) is 400 Å². The Balaban J connectivity index is -0.000000643. The van der Waals surface area contributed by atoms with Crippen LogP contribution in [0.2, 0.25) is 0 Å². The van der Waals surface area contributed by atoms with E-state index < -0.39 is 34.0 Å². The zero-order chi connectivity index (χ0) is 93.5. The molecule has 0 spiro atoms. The van der Waals surface area contributed by atoms with E-state index in [1.165, 1.54) is 0 Å². The molecule has 2 aromatic rings. The Morgan fingerprint density at radius 2 is 0.487 bits per heavy atom. The van der Waals surface area contributed by atoms with E-state index in [0.29, 0.717) is 12.3 Å². The van der Waals surface area contributed by atoms with Crippen LogP contribution in [0, 0.1) is 23.2 Å². The largest absolute Gasteiger partial charge is 0.234 e. The fourth-order valence-corrected chi connectivity index (χ4v) is 7.97. The molecule has 1 atom stereocenters. The fourth-order valence-electron chi connectivity index (χ4n) is 7.97. The molecule has 0 radical (unpaired) electrons. The van der Waals surface area contributed by atoms with Crippen molar-refractivity contribution in [3.8, 4) is 11.8 Å². The molecule has 22 nitrogen and oxygen atoms in total. The van der Waals surface area contributed by atoms with E-state index >= 15 is 0 Å². The molecule has 1 aliphatic rings. The van der Waals surface area contributed by atoms with E-state index in [4.69, 9.17) is 108 Å². The highest BCUT2D eigenvalue weighted by molar-refractivity contribution is 5.22. The normalized spacial score (nSPS) is 16.0. The van der Waals surface area contributed by atoms with Gasteiger partial charge in [-0.05, 0) is 381 Å². The third-order valence-electron chi connectivity index (χ3n) is 13.3. The Morgan fingerprint density at radius 3 is 0.709 bits per heavy atom. The SMILES string of the molecule is CC(C)(C)OOC(C)(C)C.CC(C)(C)OOC(C)(C)C#CC(C)(C)OOC(C)(C)C.CC(C)(C)OOC(C)(C)CCC(C)(C)OOC(C)(C)C.CC(C)(C)OOC(C)(C)c1ccccc1.CC(C)(C)OOC(C)(C)c1ccccc1.CC1CC(C)(C)CC(OOC(C)(C)C)(OOC(C)(C)C)C1.CCC(C)(OOC(C)(C)C)OOC(C)(C)C. The van der Waals surface area contributed by atoms with E-state index in [2.05, 4.69) is 32.6 Å². The molecule has 0 N–H and O–H groups in total. The van der Waals surface area contributed by atoms with Crippen LogP contribution in [0.5, 0.6) is 0 Å². The maximum atomic E-state index is 5.79. The zero-order valence-corrected chi connectivity index (χ0v) is 85.1. The quantitative estimate of drug-likeness (QED) is 0.0353. The summed E-state index contributed by atoms with van der Waals surface area (Å²) in [6.07, 6.45) is 4.90. The van der Waals surface area contributed by atoms with Crippen molar-refractivity contribution in [3.05, 3.63) is 71.8 Å². The summed E-state index contributed by atoms with van der Waals surface area (Å²) in [6.45, 7) is 104. The second kappa shape index (κ2) is 48.0. The molecule has 2 aromatic carbocycles. The maximum absolute atomic E-state index is 5.79. The van der Waals surface area contributed by atoms with E-state index in [9.17, 15) is 0 Å². The number of hydrogen-bond donors (Lipinski definition) is 0. The van der Waals surface area contributed by atoms with E-state index in [0.717, 1.165) is 43.2 Å². The lowest BCUT2D eigenvalue weighted by atomic mass is 9.70. The van der Waals surface area contributed by atoms with Gasteiger partial charge in [-0.25, -0.2) is 88.0 Å². The third-order valence-corrected chi connectivity index (χ3v) is 13.3. The van der Waals surface area contributed by atoms with Gasteiger partial charge in [0.15, 0.2) is 11.2 Å². The standard InChI is InChI=1S/C17H34O4.C16H34O4.C16H30O4.2C13H20O2.C12H26O4.C8H18O2/c1-13-10-16(8,9)12-17(11-13,20-18-14(2,3)4)21-19-15(5,6)7;2*1-13(2,3)17-19-15(7,8)11-12-16(9,10)20-18-14(4,5)6;2*1-12(2,3)14-15-13(4,5)11-9-7-6-8-10-11;1-9-12(8,15-13-10(2,3)4)16-14-11(5,6)7;1-7(2,3)9-10-8(4,5)6/h13H,10-12H2,1-9H3;11-12H2,1-10H3;1-10H3;2*6-10H,1-5H3;9H2,1-8H3;1-6H3. The second-order valence-electron chi connectivity index (χ2n) is 46.5. The minimum absolute atomic E-state index is 0.125. The Labute approximate surface area is 717 Å². The van der Waals surface area contributed by atoms with Crippen LogP contribution < -0.4 is 0 Å². The molecule has 0 aliphatic heterocycles. The summed E-state index contributed by atoms with van der Waals surface area (Å²) in [6, 6.07) is 20.1. The summed E-state index contributed by atoms with van der Waals surface area (Å²) >= 11 is 0. The average molecular weight is 1680 g/mol. The molecular weight excluding hydrogens is 1490 g/mol. The first-order valence-electron chi connectivity index (χ1n) is 42.0. The second-order valence-corrected chi connectivity index (χ2v) is 46.5. The first kappa shape index (κ1) is 120. The van der Waals surface area contributed by atoms with Gasteiger partial charge < -0.3 is 0 Å². The summed E-state index contributed by atoms with van der Waals surface area (Å²) < 4.78 is 0. The highest BCUT2D eigenvalue weighted by Gasteiger charge is 2.49. The third kappa shape index (κ3) is 76.5. The first-order valence-corrected chi connectivity index (χ1v) is 42.0. The van der Waals surface area contributed by atoms with Gasteiger partial charge in [0.1, 0.15) is 11.2 Å². The molecule has 1 unspecified atom stereocenters. The number of benzene rings is 2. The van der Waals surface area contributed by atoms with Crippen molar-refractivity contribution in [2.24, 2.45) is 11.3 Å². The molecule has 0 amide bonds. The predicted molar refractivity (Wildman–Crippen MR) is 471 cm³/mol. The summed E-state index contributed by atoms with van der Waals surface area (Å²) in [7, 11) is 0. The van der Waals surface area contributed by atoms with Gasteiger partial charge in [-0.1, -0.05) is 100 Å². The van der Waals surface area contributed by atoms with Crippen LogP contribution in [-0.4, -0.2) is 101 Å². The first-order chi connectivity index (χ1) is 51.3. The smallest absolute Gasteiger partial charge is 0.230 e. The highest BCUT2D eigenvalue weighted by atomic mass is 17.3. The molecule has 117 heavy (non-hydrogen) atoms. The van der Waals surface area contributed by atoms with Crippen LogP contribution in [-0.2, 0) is 119 Å². The topological polar surface area (TPSA) is 203 Å². The van der Waals surface area contributed by atoms with Gasteiger partial charge in [0, 0.05) is 19.3 Å². The minimum Gasteiger partial charge on any atom is -0.230 e. The minimum atomic E-state index is -0.888. The molecule has 22 heteroatoms. The van der Waals surface area contributed by atoms with E-state index in [1.54, 1.807) is 6.92 Å². The van der Waals surface area contributed by atoms with Crippen LogP contribution in [0.1, 0.15) is 417 Å². The van der Waals surface area contributed by atoms with Crippen LogP contribution in [0.15, 0.2) is 60.7 Å². The highest BCUT2D eigenvalue weighted by Crippen LogP contribution is 2.47. The number of hydrogen-bond acceptors (Lipinski definition) is 22. The summed E-state index contributed by atoms with van der Waals surface area (Å²) in [5, 5.41) is 0. The molecule has 1 fully saturated rings. The maximum Gasteiger partial charge on any atom is 0.234 e. The van der Waals surface area contributed by atoms with Gasteiger partial charge >= 0.3 is 0 Å². The Kier molecular flexibility index (Phi) is 49.4. The van der Waals surface area contributed by atoms with Gasteiger partial charge in [-0.3, -0.25) is 0 Å². The van der Waals surface area contributed by atoms with Crippen molar-refractivity contribution in [2.75, 3.05) is 0 Å². The van der Waals surface area contributed by atoms with Crippen molar-refractivity contribution in [1.29, 1.82) is 0 Å². The predicted octanol–water partition coefficient (Wildman–Crippen LogP) is 27.4. The van der Waals surface area contributed by atoms with Gasteiger partial charge in [0.05, 0.1) is 78.4 Å². The van der Waals surface area contributed by atoms with Gasteiger partial charge in [0.25, 0.3) is 0 Å². The fraction of sp³-hybridized carbons (Fsp3) is 0.853. The molecule has 3 rings (SSSR count). The molecular formula is C95H182O22. The summed E-state index contributed by atoms with van der Waals surface area (Å²) in [5.41, 5.74) is -4.57. The Hall–Kier alpha value is -2.88. The van der Waals surface area contributed by atoms with Crippen molar-refractivity contribution < 1.29 is 108 Å². The van der Waals surface area contributed by atoms with Gasteiger partial charge in [0.2, 0.25) is 11.6 Å². The molecule has 1 aliphatic carbocycles. The molecule has 0 bridgehead atoms. The lowest BCUT2D eigenvalue weighted by molar-refractivity contribution is -0.551. The molecule has 694 valence electrons.